The van der Waals surface area contributed by atoms with Gasteiger partial charge in [0.25, 0.3) is 11.1 Å². The molecule has 0 saturated carbocycles. The lowest BCUT2D eigenvalue weighted by atomic mass is 10.1. The zero-order chi connectivity index (χ0) is 28.1. The molecule has 0 aliphatic carbocycles. The molecule has 1 aliphatic rings. The SMILES string of the molecule is CCOc1ccc(NC(=O)CN2C(=O)S/C(=C/c3cn(CC(=O)Nc4ccccc4)c4ccccc34)C2=O)cc1. The molecular weight excluding hydrogens is 528 g/mol. The van der Waals surface area contributed by atoms with Gasteiger partial charge in [-0.15, -0.1) is 0 Å². The summed E-state index contributed by atoms with van der Waals surface area (Å²) >= 11 is 0.779. The van der Waals surface area contributed by atoms with Gasteiger partial charge in [0, 0.05) is 34.0 Å². The highest BCUT2D eigenvalue weighted by molar-refractivity contribution is 8.18. The molecule has 1 aromatic heterocycles. The first-order chi connectivity index (χ1) is 19.4. The van der Waals surface area contributed by atoms with Gasteiger partial charge in [-0.25, -0.2) is 0 Å². The first-order valence-electron chi connectivity index (χ1n) is 12.6. The molecule has 0 bridgehead atoms. The maximum atomic E-state index is 13.1. The molecule has 0 spiro atoms. The Morgan fingerprint density at radius 2 is 1.50 bits per heavy atom. The second kappa shape index (κ2) is 11.9. The van der Waals surface area contributed by atoms with Gasteiger partial charge < -0.3 is 19.9 Å². The van der Waals surface area contributed by atoms with Crippen LogP contribution in [0.1, 0.15) is 12.5 Å². The van der Waals surface area contributed by atoms with E-state index in [2.05, 4.69) is 10.6 Å². The van der Waals surface area contributed by atoms with Gasteiger partial charge in [0.05, 0.1) is 11.5 Å². The Balaban J connectivity index is 1.29. The number of thioether (sulfide) groups is 1. The lowest BCUT2D eigenvalue weighted by Crippen LogP contribution is -2.36. The Morgan fingerprint density at radius 3 is 2.23 bits per heavy atom. The molecule has 10 heteroatoms. The summed E-state index contributed by atoms with van der Waals surface area (Å²) in [6.07, 6.45) is 3.41. The maximum absolute atomic E-state index is 13.1. The van der Waals surface area contributed by atoms with E-state index in [9.17, 15) is 19.2 Å². The molecule has 2 N–H and O–H groups in total. The number of hydrogen-bond donors (Lipinski definition) is 2. The van der Waals surface area contributed by atoms with Crippen LogP contribution in [-0.4, -0.2) is 45.6 Å². The minimum atomic E-state index is -0.546. The smallest absolute Gasteiger partial charge is 0.294 e. The van der Waals surface area contributed by atoms with Gasteiger partial charge >= 0.3 is 0 Å². The van der Waals surface area contributed by atoms with Crippen molar-refractivity contribution < 1.29 is 23.9 Å². The first-order valence-corrected chi connectivity index (χ1v) is 13.4. The monoisotopic (exact) mass is 554 g/mol. The Morgan fingerprint density at radius 1 is 0.850 bits per heavy atom. The Labute approximate surface area is 234 Å². The number of anilines is 2. The molecular formula is C30H26N4O5S. The minimum absolute atomic E-state index is 0.0659. The van der Waals surface area contributed by atoms with Gasteiger partial charge in [-0.3, -0.25) is 24.1 Å². The molecule has 0 radical (unpaired) electrons. The highest BCUT2D eigenvalue weighted by atomic mass is 32.2. The lowest BCUT2D eigenvalue weighted by molar-refractivity contribution is -0.127. The highest BCUT2D eigenvalue weighted by Gasteiger charge is 2.36. The lowest BCUT2D eigenvalue weighted by Gasteiger charge is -2.12. The van der Waals surface area contributed by atoms with E-state index in [1.165, 1.54) is 0 Å². The molecule has 2 heterocycles. The van der Waals surface area contributed by atoms with E-state index in [-0.39, 0.29) is 17.4 Å². The summed E-state index contributed by atoms with van der Waals surface area (Å²) in [4.78, 5) is 52.2. The van der Waals surface area contributed by atoms with E-state index in [1.54, 1.807) is 41.1 Å². The van der Waals surface area contributed by atoms with Crippen LogP contribution in [0.4, 0.5) is 16.2 Å². The summed E-state index contributed by atoms with van der Waals surface area (Å²) in [5.74, 6) is -0.559. The number of fused-ring (bicyclic) bond motifs is 1. The van der Waals surface area contributed by atoms with E-state index in [0.29, 0.717) is 29.3 Å². The number of imide groups is 1. The van der Waals surface area contributed by atoms with Gasteiger partial charge in [-0.1, -0.05) is 36.4 Å². The van der Waals surface area contributed by atoms with E-state index in [1.807, 2.05) is 61.5 Å². The van der Waals surface area contributed by atoms with Crippen molar-refractivity contribution in [3.05, 3.63) is 95.5 Å². The van der Waals surface area contributed by atoms with Crippen molar-refractivity contribution in [2.75, 3.05) is 23.8 Å². The fourth-order valence-corrected chi connectivity index (χ4v) is 5.15. The molecule has 1 fully saturated rings. The van der Waals surface area contributed by atoms with Crippen LogP contribution < -0.4 is 15.4 Å². The average molecular weight is 555 g/mol. The molecule has 5 rings (SSSR count). The Bertz CT molecular complexity index is 1610. The number of amides is 4. The third kappa shape index (κ3) is 6.08. The molecule has 40 heavy (non-hydrogen) atoms. The Kier molecular flexibility index (Phi) is 7.97. The number of benzene rings is 3. The third-order valence-electron chi connectivity index (χ3n) is 6.10. The van der Waals surface area contributed by atoms with Gasteiger partial charge in [0.15, 0.2) is 0 Å². The van der Waals surface area contributed by atoms with E-state index in [0.717, 1.165) is 27.6 Å². The van der Waals surface area contributed by atoms with E-state index in [4.69, 9.17) is 4.74 Å². The summed E-state index contributed by atoms with van der Waals surface area (Å²) in [6.45, 7) is 2.07. The standard InChI is InChI=1S/C30H26N4O5S/c1-2-39-23-14-12-22(13-15-23)32-28(36)19-34-29(37)26(40-30(34)38)16-20-17-33(25-11-7-6-10-24(20)25)18-27(35)31-21-8-4-3-5-9-21/h3-17H,2,18-19H2,1H3,(H,31,35)(H,32,36)/b26-16+. The minimum Gasteiger partial charge on any atom is -0.494 e. The van der Waals surface area contributed by atoms with Crippen LogP contribution in [0.15, 0.2) is 90.0 Å². The molecule has 202 valence electrons. The fraction of sp³-hybridized carbons (Fsp3) is 0.133. The van der Waals surface area contributed by atoms with Crippen LogP contribution in [0, 0.1) is 0 Å². The second-order valence-corrected chi connectivity index (χ2v) is 9.91. The average Bonchev–Trinajstić information content (AvgIpc) is 3.42. The normalized spacial score (nSPS) is 14.1. The molecule has 0 atom stereocenters. The number of ether oxygens (including phenoxy) is 1. The number of carbonyl (C=O) groups excluding carboxylic acids is 4. The predicted molar refractivity (Wildman–Crippen MR) is 156 cm³/mol. The highest BCUT2D eigenvalue weighted by Crippen LogP contribution is 2.34. The number of rotatable bonds is 9. The van der Waals surface area contributed by atoms with Crippen LogP contribution in [0.25, 0.3) is 17.0 Å². The summed E-state index contributed by atoms with van der Waals surface area (Å²) in [5, 5.41) is 5.87. The zero-order valence-electron chi connectivity index (χ0n) is 21.6. The largest absolute Gasteiger partial charge is 0.494 e. The molecule has 1 saturated heterocycles. The predicted octanol–water partition coefficient (Wildman–Crippen LogP) is 5.35. The topological polar surface area (TPSA) is 110 Å². The first kappa shape index (κ1) is 26.8. The van der Waals surface area contributed by atoms with Gasteiger partial charge in [0.1, 0.15) is 18.8 Å². The summed E-state index contributed by atoms with van der Waals surface area (Å²) < 4.78 is 7.19. The quantitative estimate of drug-likeness (QED) is 0.270. The maximum Gasteiger partial charge on any atom is 0.294 e. The van der Waals surface area contributed by atoms with Crippen molar-refractivity contribution in [2.24, 2.45) is 0 Å². The number of carbonyl (C=O) groups is 4. The van der Waals surface area contributed by atoms with Crippen molar-refractivity contribution in [2.45, 2.75) is 13.5 Å². The van der Waals surface area contributed by atoms with E-state index < -0.39 is 23.6 Å². The molecule has 9 nitrogen and oxygen atoms in total. The van der Waals surface area contributed by atoms with Gasteiger partial charge in [-0.2, -0.15) is 0 Å². The number of nitrogens with zero attached hydrogens (tertiary/aromatic N) is 2. The number of hydrogen-bond acceptors (Lipinski definition) is 6. The van der Waals surface area contributed by atoms with Crippen LogP contribution in [0.3, 0.4) is 0 Å². The van der Waals surface area contributed by atoms with Gasteiger partial charge in [0.2, 0.25) is 11.8 Å². The number of para-hydroxylation sites is 2. The van der Waals surface area contributed by atoms with Crippen LogP contribution in [0.2, 0.25) is 0 Å². The third-order valence-corrected chi connectivity index (χ3v) is 7.01. The second-order valence-electron chi connectivity index (χ2n) is 8.92. The summed E-state index contributed by atoms with van der Waals surface area (Å²) in [5.41, 5.74) is 2.72. The van der Waals surface area contributed by atoms with Gasteiger partial charge in [-0.05, 0) is 67.2 Å². The van der Waals surface area contributed by atoms with E-state index >= 15 is 0 Å². The summed E-state index contributed by atoms with van der Waals surface area (Å²) in [6, 6.07) is 23.5. The fourth-order valence-electron chi connectivity index (χ4n) is 4.32. The zero-order valence-corrected chi connectivity index (χ0v) is 22.4. The molecule has 1 aliphatic heterocycles. The molecule has 4 amide bonds. The van der Waals surface area contributed by atoms with Crippen LogP contribution in [-0.2, 0) is 20.9 Å². The van der Waals surface area contributed by atoms with Crippen molar-refractivity contribution in [1.29, 1.82) is 0 Å². The van der Waals surface area contributed by atoms with Crippen LogP contribution in [0.5, 0.6) is 5.75 Å². The van der Waals surface area contributed by atoms with Crippen molar-refractivity contribution in [1.82, 2.24) is 9.47 Å². The van der Waals surface area contributed by atoms with Crippen molar-refractivity contribution in [3.63, 3.8) is 0 Å². The van der Waals surface area contributed by atoms with Crippen LogP contribution >= 0.6 is 11.8 Å². The molecule has 3 aromatic carbocycles. The number of aromatic nitrogens is 1. The van der Waals surface area contributed by atoms with Crippen molar-refractivity contribution in [3.8, 4) is 5.75 Å². The molecule has 4 aromatic rings. The van der Waals surface area contributed by atoms with Crippen molar-refractivity contribution >= 4 is 63.1 Å². The summed E-state index contributed by atoms with van der Waals surface area (Å²) in [7, 11) is 0. The molecule has 0 unspecified atom stereocenters. The Hall–Kier alpha value is -4.83. The number of nitrogens with one attached hydrogen (secondary N) is 2.